The van der Waals surface area contributed by atoms with Crippen LogP contribution in [0.4, 0.5) is 0 Å². The second-order valence-electron chi connectivity index (χ2n) is 7.48. The fourth-order valence-corrected chi connectivity index (χ4v) is 4.13. The maximum absolute atomic E-state index is 13.1. The van der Waals surface area contributed by atoms with Crippen LogP contribution >= 0.6 is 15.9 Å². The van der Waals surface area contributed by atoms with Gasteiger partial charge >= 0.3 is 0 Å². The van der Waals surface area contributed by atoms with Crippen molar-refractivity contribution in [2.75, 3.05) is 0 Å². The molecule has 1 saturated carbocycles. The van der Waals surface area contributed by atoms with Crippen molar-refractivity contribution in [1.29, 1.82) is 0 Å². The summed E-state index contributed by atoms with van der Waals surface area (Å²) in [6.45, 7) is 2.23. The van der Waals surface area contributed by atoms with Crippen molar-refractivity contribution in [3.8, 4) is 0 Å². The number of hydrogen-bond acceptors (Lipinski definition) is 2. The van der Waals surface area contributed by atoms with Crippen molar-refractivity contribution in [1.82, 2.24) is 10.2 Å². The zero-order valence-electron chi connectivity index (χ0n) is 16.2. The van der Waals surface area contributed by atoms with Gasteiger partial charge in [-0.3, -0.25) is 9.59 Å². The SMILES string of the molecule is C[C@H](C(=O)NC1CCCC1)N(Cc1cccc(Br)c1)C(=O)Cc1ccccc1. The first-order chi connectivity index (χ1) is 13.5. The van der Waals surface area contributed by atoms with E-state index in [0.29, 0.717) is 6.54 Å². The number of amides is 2. The predicted octanol–water partition coefficient (Wildman–Crippen LogP) is 4.47. The Labute approximate surface area is 175 Å². The van der Waals surface area contributed by atoms with Crippen LogP contribution < -0.4 is 5.32 Å². The van der Waals surface area contributed by atoms with Gasteiger partial charge in [0, 0.05) is 17.1 Å². The van der Waals surface area contributed by atoms with Gasteiger partial charge in [-0.15, -0.1) is 0 Å². The number of carbonyl (C=O) groups excluding carboxylic acids is 2. The molecule has 1 aliphatic carbocycles. The highest BCUT2D eigenvalue weighted by molar-refractivity contribution is 9.10. The molecule has 3 rings (SSSR count). The van der Waals surface area contributed by atoms with E-state index in [1.54, 1.807) is 4.90 Å². The quantitative estimate of drug-likeness (QED) is 0.687. The summed E-state index contributed by atoms with van der Waals surface area (Å²) in [4.78, 5) is 27.7. The van der Waals surface area contributed by atoms with Crippen LogP contribution in [0.2, 0.25) is 0 Å². The fraction of sp³-hybridized carbons (Fsp3) is 0.391. The second kappa shape index (κ2) is 9.87. The molecule has 0 saturated heterocycles. The van der Waals surface area contributed by atoms with Crippen LogP contribution in [0.1, 0.15) is 43.7 Å². The molecule has 4 nitrogen and oxygen atoms in total. The molecule has 1 atom stereocenters. The molecule has 148 valence electrons. The number of hydrogen-bond donors (Lipinski definition) is 1. The molecule has 0 spiro atoms. The highest BCUT2D eigenvalue weighted by Crippen LogP contribution is 2.19. The first kappa shape index (κ1) is 20.6. The summed E-state index contributed by atoms with van der Waals surface area (Å²) < 4.78 is 0.962. The average Bonchev–Trinajstić information content (AvgIpc) is 3.19. The lowest BCUT2D eigenvalue weighted by Crippen LogP contribution is -2.50. The molecule has 1 N–H and O–H groups in total. The van der Waals surface area contributed by atoms with Gasteiger partial charge in [0.05, 0.1) is 6.42 Å². The van der Waals surface area contributed by atoms with Crippen molar-refractivity contribution >= 4 is 27.7 Å². The number of rotatable bonds is 7. The molecule has 2 aromatic carbocycles. The van der Waals surface area contributed by atoms with Crippen molar-refractivity contribution in [2.45, 2.75) is 57.7 Å². The van der Waals surface area contributed by atoms with E-state index in [0.717, 1.165) is 41.3 Å². The van der Waals surface area contributed by atoms with E-state index < -0.39 is 6.04 Å². The van der Waals surface area contributed by atoms with Gasteiger partial charge < -0.3 is 10.2 Å². The summed E-state index contributed by atoms with van der Waals surface area (Å²) in [5.41, 5.74) is 1.95. The van der Waals surface area contributed by atoms with E-state index in [1.807, 2.05) is 61.5 Å². The largest absolute Gasteiger partial charge is 0.352 e. The van der Waals surface area contributed by atoms with Gasteiger partial charge in [0.25, 0.3) is 0 Å². The standard InChI is InChI=1S/C23H27BrN2O2/c1-17(23(28)25-21-12-5-6-13-21)26(16-19-10-7-11-20(24)14-19)22(27)15-18-8-3-2-4-9-18/h2-4,7-11,14,17,21H,5-6,12-13,15-16H2,1H3,(H,25,28)/t17-/m1/s1. The van der Waals surface area contributed by atoms with E-state index in [9.17, 15) is 9.59 Å². The van der Waals surface area contributed by atoms with Gasteiger partial charge in [0.1, 0.15) is 6.04 Å². The monoisotopic (exact) mass is 442 g/mol. The van der Waals surface area contributed by atoms with Crippen molar-refractivity contribution in [2.24, 2.45) is 0 Å². The van der Waals surface area contributed by atoms with Gasteiger partial charge in [-0.05, 0) is 43.0 Å². The Kier molecular flexibility index (Phi) is 7.26. The molecule has 0 aromatic heterocycles. The topological polar surface area (TPSA) is 49.4 Å². The summed E-state index contributed by atoms with van der Waals surface area (Å²) in [7, 11) is 0. The summed E-state index contributed by atoms with van der Waals surface area (Å²) >= 11 is 3.48. The zero-order valence-corrected chi connectivity index (χ0v) is 17.8. The van der Waals surface area contributed by atoms with E-state index in [-0.39, 0.29) is 24.3 Å². The van der Waals surface area contributed by atoms with Gasteiger partial charge in [0.2, 0.25) is 11.8 Å². The van der Waals surface area contributed by atoms with Crippen LogP contribution in [-0.4, -0.2) is 28.8 Å². The third kappa shape index (κ3) is 5.68. The highest BCUT2D eigenvalue weighted by atomic mass is 79.9. The molecule has 0 radical (unpaired) electrons. The lowest BCUT2D eigenvalue weighted by molar-refractivity contribution is -0.140. The molecule has 0 bridgehead atoms. The third-order valence-corrected chi connectivity index (χ3v) is 5.80. The number of halogens is 1. The van der Waals surface area contributed by atoms with Gasteiger partial charge in [-0.1, -0.05) is 71.2 Å². The van der Waals surface area contributed by atoms with Crippen molar-refractivity contribution in [3.05, 3.63) is 70.2 Å². The van der Waals surface area contributed by atoms with Crippen LogP contribution in [0, 0.1) is 0 Å². The van der Waals surface area contributed by atoms with E-state index in [4.69, 9.17) is 0 Å². The minimum Gasteiger partial charge on any atom is -0.352 e. The number of carbonyl (C=O) groups is 2. The zero-order chi connectivity index (χ0) is 19.9. The summed E-state index contributed by atoms with van der Waals surface area (Å²) in [6.07, 6.45) is 4.67. The molecule has 28 heavy (non-hydrogen) atoms. The smallest absolute Gasteiger partial charge is 0.242 e. The normalized spacial score (nSPS) is 15.2. The first-order valence-electron chi connectivity index (χ1n) is 9.91. The molecule has 0 heterocycles. The predicted molar refractivity (Wildman–Crippen MR) is 115 cm³/mol. The molecule has 1 fully saturated rings. The van der Waals surface area contributed by atoms with Crippen LogP contribution in [0.5, 0.6) is 0 Å². The Hall–Kier alpha value is -2.14. The molecule has 2 amide bonds. The minimum absolute atomic E-state index is 0.0414. The number of benzene rings is 2. The summed E-state index contributed by atoms with van der Waals surface area (Å²) in [5, 5.41) is 3.13. The molecule has 1 aliphatic rings. The molecule has 0 unspecified atom stereocenters. The molecule has 2 aromatic rings. The van der Waals surface area contributed by atoms with Gasteiger partial charge in [0.15, 0.2) is 0 Å². The second-order valence-corrected chi connectivity index (χ2v) is 8.40. The Morgan fingerprint density at radius 2 is 1.75 bits per heavy atom. The van der Waals surface area contributed by atoms with Crippen LogP contribution in [0.3, 0.4) is 0 Å². The van der Waals surface area contributed by atoms with E-state index in [1.165, 1.54) is 0 Å². The van der Waals surface area contributed by atoms with Crippen LogP contribution in [0.15, 0.2) is 59.1 Å². The van der Waals surface area contributed by atoms with Crippen LogP contribution in [0.25, 0.3) is 0 Å². The van der Waals surface area contributed by atoms with Crippen molar-refractivity contribution < 1.29 is 9.59 Å². The molecular formula is C23H27BrN2O2. The van der Waals surface area contributed by atoms with Crippen LogP contribution in [-0.2, 0) is 22.6 Å². The maximum atomic E-state index is 13.1. The summed E-state index contributed by atoms with van der Waals surface area (Å²) in [5.74, 6) is -0.108. The van der Waals surface area contributed by atoms with E-state index in [2.05, 4.69) is 21.2 Å². The minimum atomic E-state index is -0.518. The van der Waals surface area contributed by atoms with Crippen molar-refractivity contribution in [3.63, 3.8) is 0 Å². The fourth-order valence-electron chi connectivity index (χ4n) is 3.68. The highest BCUT2D eigenvalue weighted by Gasteiger charge is 2.28. The molecule has 0 aliphatic heterocycles. The summed E-state index contributed by atoms with van der Waals surface area (Å²) in [6, 6.07) is 17.3. The first-order valence-corrected chi connectivity index (χ1v) is 10.7. The number of nitrogens with zero attached hydrogens (tertiary/aromatic N) is 1. The maximum Gasteiger partial charge on any atom is 0.242 e. The molecule has 5 heteroatoms. The Bertz CT molecular complexity index is 803. The Morgan fingerprint density at radius 3 is 2.43 bits per heavy atom. The Balaban J connectivity index is 1.76. The van der Waals surface area contributed by atoms with E-state index >= 15 is 0 Å². The lowest BCUT2D eigenvalue weighted by atomic mass is 10.1. The molecular weight excluding hydrogens is 416 g/mol. The third-order valence-electron chi connectivity index (χ3n) is 5.31. The Morgan fingerprint density at radius 1 is 1.07 bits per heavy atom. The van der Waals surface area contributed by atoms with Gasteiger partial charge in [-0.2, -0.15) is 0 Å². The lowest BCUT2D eigenvalue weighted by Gasteiger charge is -2.30. The van der Waals surface area contributed by atoms with Gasteiger partial charge in [-0.25, -0.2) is 0 Å². The number of nitrogens with one attached hydrogen (secondary N) is 1. The average molecular weight is 443 g/mol.